The van der Waals surface area contributed by atoms with Gasteiger partial charge in [-0.05, 0) is 25.8 Å². The predicted molar refractivity (Wildman–Crippen MR) is 77.9 cm³/mol. The summed E-state index contributed by atoms with van der Waals surface area (Å²) in [6.07, 6.45) is 0.0405. The molecule has 0 aliphatic carbocycles. The fraction of sp³-hybridized carbons (Fsp3) is 0.286. The van der Waals surface area contributed by atoms with Crippen LogP contribution in [0.2, 0.25) is 0 Å². The quantitative estimate of drug-likeness (QED) is 0.828. The van der Waals surface area contributed by atoms with Gasteiger partial charge in [0.25, 0.3) is 0 Å². The van der Waals surface area contributed by atoms with E-state index < -0.39 is 22.0 Å². The Balaban J connectivity index is 2.26. The third-order valence-electron chi connectivity index (χ3n) is 3.11. The zero-order valence-electron chi connectivity index (χ0n) is 12.1. The van der Waals surface area contributed by atoms with Gasteiger partial charge in [-0.15, -0.1) is 0 Å². The van der Waals surface area contributed by atoms with E-state index in [1.54, 1.807) is 30.3 Å². The number of carboxylic acids is 1. The highest BCUT2D eigenvalue weighted by Gasteiger charge is 2.30. The Morgan fingerprint density at radius 2 is 1.95 bits per heavy atom. The van der Waals surface area contributed by atoms with Gasteiger partial charge >= 0.3 is 5.97 Å². The number of nitrogens with one attached hydrogen (secondary N) is 1. The minimum atomic E-state index is -4.03. The van der Waals surface area contributed by atoms with Crippen LogP contribution in [0.4, 0.5) is 0 Å². The molecule has 8 heteroatoms. The predicted octanol–water partition coefficient (Wildman–Crippen LogP) is 1.27. The van der Waals surface area contributed by atoms with E-state index in [9.17, 15) is 18.3 Å². The lowest BCUT2D eigenvalue weighted by atomic mass is 10.1. The zero-order chi connectivity index (χ0) is 16.3. The standard InChI is InChI=1S/C14H16N2O5S/c1-9-13(10(2)21-15-9)22(19,20)16-12(14(17)18)8-11-6-4-3-5-7-11/h3-7,12,16H,8H2,1-2H3,(H,17,18). The molecule has 1 aromatic carbocycles. The van der Waals surface area contributed by atoms with E-state index in [2.05, 4.69) is 9.88 Å². The van der Waals surface area contributed by atoms with Crippen molar-refractivity contribution >= 4 is 16.0 Å². The number of benzene rings is 1. The van der Waals surface area contributed by atoms with Gasteiger partial charge in [-0.3, -0.25) is 4.79 Å². The monoisotopic (exact) mass is 324 g/mol. The number of aliphatic carboxylic acids is 1. The number of rotatable bonds is 6. The Kier molecular flexibility index (Phi) is 4.62. The molecule has 1 aromatic heterocycles. The smallest absolute Gasteiger partial charge is 0.322 e. The number of sulfonamides is 1. The molecule has 1 unspecified atom stereocenters. The summed E-state index contributed by atoms with van der Waals surface area (Å²) < 4.78 is 31.8. The molecule has 2 N–H and O–H groups in total. The minimum Gasteiger partial charge on any atom is -0.480 e. The summed E-state index contributed by atoms with van der Waals surface area (Å²) in [5.41, 5.74) is 0.908. The topological polar surface area (TPSA) is 110 Å². The van der Waals surface area contributed by atoms with Crippen LogP contribution in [0.15, 0.2) is 39.8 Å². The number of nitrogens with zero attached hydrogens (tertiary/aromatic N) is 1. The summed E-state index contributed by atoms with van der Waals surface area (Å²) in [6.45, 7) is 2.94. The van der Waals surface area contributed by atoms with Crippen molar-refractivity contribution in [1.82, 2.24) is 9.88 Å². The van der Waals surface area contributed by atoms with Crippen LogP contribution >= 0.6 is 0 Å². The highest BCUT2D eigenvalue weighted by Crippen LogP contribution is 2.19. The Bertz CT molecular complexity index is 748. The van der Waals surface area contributed by atoms with Gasteiger partial charge in [-0.2, -0.15) is 4.72 Å². The number of carbonyl (C=O) groups is 1. The zero-order valence-corrected chi connectivity index (χ0v) is 12.9. The highest BCUT2D eigenvalue weighted by molar-refractivity contribution is 7.89. The molecule has 0 spiro atoms. The van der Waals surface area contributed by atoms with Crippen molar-refractivity contribution in [2.45, 2.75) is 31.2 Å². The summed E-state index contributed by atoms with van der Waals surface area (Å²) in [6, 6.07) is 7.52. The molecule has 1 heterocycles. The molecule has 0 amide bonds. The first-order valence-corrected chi connectivity index (χ1v) is 8.01. The number of carboxylic acid groups (broad SMARTS) is 1. The molecule has 0 fully saturated rings. The van der Waals surface area contributed by atoms with E-state index >= 15 is 0 Å². The molecule has 0 radical (unpaired) electrons. The number of aryl methyl sites for hydroxylation is 2. The Labute approximate surface area is 128 Å². The molecule has 22 heavy (non-hydrogen) atoms. The Hall–Kier alpha value is -2.19. The lowest BCUT2D eigenvalue weighted by Crippen LogP contribution is -2.42. The molecule has 0 saturated carbocycles. The first-order valence-electron chi connectivity index (χ1n) is 6.53. The molecular formula is C14H16N2O5S. The second-order valence-electron chi connectivity index (χ2n) is 4.86. The van der Waals surface area contributed by atoms with Crippen molar-refractivity contribution in [3.8, 4) is 0 Å². The van der Waals surface area contributed by atoms with Crippen molar-refractivity contribution in [3.63, 3.8) is 0 Å². The highest BCUT2D eigenvalue weighted by atomic mass is 32.2. The summed E-state index contributed by atoms with van der Waals surface area (Å²) in [7, 11) is -4.03. The molecule has 2 rings (SSSR count). The first kappa shape index (κ1) is 16.2. The van der Waals surface area contributed by atoms with Crippen LogP contribution in [0.25, 0.3) is 0 Å². The second-order valence-corrected chi connectivity index (χ2v) is 6.51. The first-order chi connectivity index (χ1) is 10.3. The van der Waals surface area contributed by atoms with E-state index in [0.717, 1.165) is 5.56 Å². The maximum Gasteiger partial charge on any atom is 0.322 e. The van der Waals surface area contributed by atoms with Crippen LogP contribution in [-0.4, -0.2) is 30.7 Å². The molecule has 0 bridgehead atoms. The lowest BCUT2D eigenvalue weighted by Gasteiger charge is -2.14. The molecular weight excluding hydrogens is 308 g/mol. The van der Waals surface area contributed by atoms with Crippen LogP contribution in [0.3, 0.4) is 0 Å². The van der Waals surface area contributed by atoms with E-state index in [0.29, 0.717) is 0 Å². The van der Waals surface area contributed by atoms with E-state index in [4.69, 9.17) is 4.52 Å². The van der Waals surface area contributed by atoms with E-state index in [1.165, 1.54) is 13.8 Å². The fourth-order valence-electron chi connectivity index (χ4n) is 2.13. The van der Waals surface area contributed by atoms with E-state index in [-0.39, 0.29) is 22.8 Å². The molecule has 118 valence electrons. The molecule has 0 saturated heterocycles. The maximum absolute atomic E-state index is 12.4. The number of hydrogen-bond acceptors (Lipinski definition) is 5. The van der Waals surface area contributed by atoms with Crippen molar-refractivity contribution in [2.75, 3.05) is 0 Å². The summed E-state index contributed by atoms with van der Waals surface area (Å²) >= 11 is 0. The summed E-state index contributed by atoms with van der Waals surface area (Å²) in [5, 5.41) is 12.8. The molecule has 0 aliphatic heterocycles. The van der Waals surface area contributed by atoms with Gasteiger partial charge < -0.3 is 9.63 Å². The molecule has 1 atom stereocenters. The Morgan fingerprint density at radius 3 is 2.45 bits per heavy atom. The summed E-state index contributed by atoms with van der Waals surface area (Å²) in [4.78, 5) is 11.2. The van der Waals surface area contributed by atoms with Gasteiger partial charge in [0.2, 0.25) is 10.0 Å². The van der Waals surface area contributed by atoms with Crippen LogP contribution < -0.4 is 4.72 Å². The van der Waals surface area contributed by atoms with Gasteiger partial charge in [0.15, 0.2) is 5.76 Å². The number of hydrogen-bond donors (Lipinski definition) is 2. The summed E-state index contributed by atoms with van der Waals surface area (Å²) in [5.74, 6) is -1.13. The van der Waals surface area contributed by atoms with E-state index in [1.807, 2.05) is 0 Å². The largest absolute Gasteiger partial charge is 0.480 e. The average molecular weight is 324 g/mol. The Morgan fingerprint density at radius 1 is 1.32 bits per heavy atom. The third kappa shape index (κ3) is 3.52. The molecule has 7 nitrogen and oxygen atoms in total. The average Bonchev–Trinajstić information content (AvgIpc) is 2.79. The van der Waals surface area contributed by atoms with Gasteiger partial charge in [-0.1, -0.05) is 35.5 Å². The van der Waals surface area contributed by atoms with Crippen molar-refractivity contribution in [1.29, 1.82) is 0 Å². The van der Waals surface area contributed by atoms with Crippen molar-refractivity contribution < 1.29 is 22.8 Å². The van der Waals surface area contributed by atoms with Gasteiger partial charge in [0, 0.05) is 0 Å². The normalized spacial score (nSPS) is 13.0. The third-order valence-corrected chi connectivity index (χ3v) is 4.83. The lowest BCUT2D eigenvalue weighted by molar-refractivity contribution is -0.138. The SMILES string of the molecule is Cc1noc(C)c1S(=O)(=O)NC(Cc1ccccc1)C(=O)O. The van der Waals surface area contributed by atoms with Crippen LogP contribution in [0, 0.1) is 13.8 Å². The van der Waals surface area contributed by atoms with Gasteiger partial charge in [-0.25, -0.2) is 8.42 Å². The molecule has 0 aliphatic rings. The number of aromatic nitrogens is 1. The van der Waals surface area contributed by atoms with Crippen LogP contribution in [0.1, 0.15) is 17.0 Å². The maximum atomic E-state index is 12.4. The van der Waals surface area contributed by atoms with Gasteiger partial charge in [0.1, 0.15) is 16.6 Å². The van der Waals surface area contributed by atoms with Gasteiger partial charge in [0.05, 0.1) is 0 Å². The van der Waals surface area contributed by atoms with Crippen molar-refractivity contribution in [2.24, 2.45) is 0 Å². The minimum absolute atomic E-state index is 0.0405. The fourth-order valence-corrected chi connectivity index (χ4v) is 3.65. The van der Waals surface area contributed by atoms with Crippen LogP contribution in [0.5, 0.6) is 0 Å². The molecule has 2 aromatic rings. The van der Waals surface area contributed by atoms with Crippen LogP contribution in [-0.2, 0) is 21.2 Å². The van der Waals surface area contributed by atoms with Crippen molar-refractivity contribution in [3.05, 3.63) is 47.3 Å². The second kappa shape index (κ2) is 6.29.